The van der Waals surface area contributed by atoms with Gasteiger partial charge in [-0.05, 0) is 18.2 Å². The van der Waals surface area contributed by atoms with Crippen molar-refractivity contribution in [1.29, 1.82) is 0 Å². The molecule has 1 amide bonds. The quantitative estimate of drug-likeness (QED) is 0.760. The van der Waals surface area contributed by atoms with Crippen LogP contribution in [0.2, 0.25) is 5.15 Å². The molecule has 1 aliphatic rings. The summed E-state index contributed by atoms with van der Waals surface area (Å²) in [6.45, 7) is 1.21. The first-order valence-electron chi connectivity index (χ1n) is 6.51. The van der Waals surface area contributed by atoms with Crippen molar-refractivity contribution >= 4 is 28.9 Å². The van der Waals surface area contributed by atoms with Crippen LogP contribution in [0.4, 0.5) is 15.8 Å². The minimum absolute atomic E-state index is 0.0119. The molecule has 0 spiro atoms. The van der Waals surface area contributed by atoms with Gasteiger partial charge in [-0.1, -0.05) is 23.7 Å². The molecule has 1 aromatic heterocycles. The number of carbonyl (C=O) groups is 1. The molecule has 0 fully saturated rings. The number of rotatable bonds is 1. The van der Waals surface area contributed by atoms with Gasteiger partial charge in [-0.15, -0.1) is 0 Å². The average Bonchev–Trinajstić information content (AvgIpc) is 2.50. The van der Waals surface area contributed by atoms with E-state index in [1.54, 1.807) is 4.90 Å². The van der Waals surface area contributed by atoms with Crippen LogP contribution in [0, 0.1) is 5.82 Å². The molecule has 108 valence electrons. The fourth-order valence-corrected chi connectivity index (χ4v) is 2.62. The highest BCUT2D eigenvalue weighted by Gasteiger charge is 2.27. The number of nitrogens with zero attached hydrogens (tertiary/aromatic N) is 3. The summed E-state index contributed by atoms with van der Waals surface area (Å²) < 4.78 is 13.3. The summed E-state index contributed by atoms with van der Waals surface area (Å²) in [5.74, 6) is -0.919. The van der Waals surface area contributed by atoms with E-state index in [9.17, 15) is 9.18 Å². The van der Waals surface area contributed by atoms with Crippen molar-refractivity contribution in [3.63, 3.8) is 0 Å². The molecule has 0 N–H and O–H groups in total. The van der Waals surface area contributed by atoms with Crippen LogP contribution < -0.4 is 9.80 Å². The van der Waals surface area contributed by atoms with Gasteiger partial charge in [-0.25, -0.2) is 9.37 Å². The molecule has 0 radical (unpaired) electrons. The first-order chi connectivity index (χ1) is 10.1. The maximum Gasteiger partial charge on any atom is 0.261 e. The molecule has 2 heterocycles. The van der Waals surface area contributed by atoms with Crippen molar-refractivity contribution in [2.75, 3.05) is 29.9 Å². The molecule has 1 aromatic carbocycles. The van der Waals surface area contributed by atoms with E-state index in [4.69, 9.17) is 11.6 Å². The fourth-order valence-electron chi connectivity index (χ4n) is 2.44. The Morgan fingerprint density at radius 1 is 1.29 bits per heavy atom. The molecule has 0 aliphatic carbocycles. The summed E-state index contributed by atoms with van der Waals surface area (Å²) in [4.78, 5) is 20.0. The SMILES string of the molecule is CN1CCN(C(=O)c2cc(F)cnc2Cl)c2ccccc21. The molecule has 21 heavy (non-hydrogen) atoms. The number of hydrogen-bond donors (Lipinski definition) is 0. The molecule has 4 nitrogen and oxygen atoms in total. The highest BCUT2D eigenvalue weighted by Crippen LogP contribution is 2.33. The lowest BCUT2D eigenvalue weighted by atomic mass is 10.1. The lowest BCUT2D eigenvalue weighted by Gasteiger charge is -2.35. The first-order valence-corrected chi connectivity index (χ1v) is 6.89. The summed E-state index contributed by atoms with van der Waals surface area (Å²) in [6.07, 6.45) is 0.997. The molecule has 0 unspecified atom stereocenters. The van der Waals surface area contributed by atoms with Crippen LogP contribution in [0.1, 0.15) is 10.4 Å². The van der Waals surface area contributed by atoms with Gasteiger partial charge in [0.05, 0.1) is 23.1 Å². The maximum atomic E-state index is 13.3. The molecule has 6 heteroatoms. The van der Waals surface area contributed by atoms with Crippen molar-refractivity contribution < 1.29 is 9.18 Å². The summed E-state index contributed by atoms with van der Waals surface area (Å²) in [5, 5.41) is 0.0119. The van der Waals surface area contributed by atoms with E-state index in [1.807, 2.05) is 31.3 Å². The van der Waals surface area contributed by atoms with Gasteiger partial charge in [0.15, 0.2) is 0 Å². The van der Waals surface area contributed by atoms with Crippen molar-refractivity contribution in [3.05, 3.63) is 53.1 Å². The molecular formula is C15H13ClFN3O. The van der Waals surface area contributed by atoms with Gasteiger partial charge in [0, 0.05) is 20.1 Å². The van der Waals surface area contributed by atoms with E-state index in [2.05, 4.69) is 9.88 Å². The van der Waals surface area contributed by atoms with Gasteiger partial charge in [0.1, 0.15) is 11.0 Å². The second-order valence-electron chi connectivity index (χ2n) is 4.86. The Morgan fingerprint density at radius 3 is 2.76 bits per heavy atom. The Kier molecular flexibility index (Phi) is 3.51. The van der Waals surface area contributed by atoms with Crippen LogP contribution in [-0.2, 0) is 0 Å². The number of anilines is 2. The van der Waals surface area contributed by atoms with Crippen LogP contribution in [0.3, 0.4) is 0 Å². The monoisotopic (exact) mass is 305 g/mol. The number of para-hydroxylation sites is 2. The molecular weight excluding hydrogens is 293 g/mol. The Bertz CT molecular complexity index is 707. The van der Waals surface area contributed by atoms with E-state index in [0.717, 1.165) is 23.6 Å². The number of likely N-dealkylation sites (N-methyl/N-ethyl adjacent to an activating group) is 1. The third-order valence-corrected chi connectivity index (χ3v) is 3.83. The average molecular weight is 306 g/mol. The number of fused-ring (bicyclic) bond motifs is 1. The second-order valence-corrected chi connectivity index (χ2v) is 5.22. The number of hydrogen-bond acceptors (Lipinski definition) is 3. The zero-order valence-corrected chi connectivity index (χ0v) is 12.1. The Hall–Kier alpha value is -2.14. The summed E-state index contributed by atoms with van der Waals surface area (Å²) in [5.41, 5.74) is 1.82. The lowest BCUT2D eigenvalue weighted by molar-refractivity contribution is 0.0986. The molecule has 2 aromatic rings. The van der Waals surface area contributed by atoms with E-state index < -0.39 is 5.82 Å². The number of carbonyl (C=O) groups excluding carboxylic acids is 1. The van der Waals surface area contributed by atoms with Crippen molar-refractivity contribution in [2.24, 2.45) is 0 Å². The Labute approximate surface area is 126 Å². The maximum absolute atomic E-state index is 13.3. The van der Waals surface area contributed by atoms with Gasteiger partial charge in [0.25, 0.3) is 5.91 Å². The predicted molar refractivity (Wildman–Crippen MR) is 80.6 cm³/mol. The van der Waals surface area contributed by atoms with Gasteiger partial charge < -0.3 is 9.80 Å². The van der Waals surface area contributed by atoms with Gasteiger partial charge in [-0.2, -0.15) is 0 Å². The largest absolute Gasteiger partial charge is 0.371 e. The van der Waals surface area contributed by atoms with Gasteiger partial charge >= 0.3 is 0 Å². The molecule has 3 rings (SSSR count). The predicted octanol–water partition coefficient (Wildman–Crippen LogP) is 2.97. The lowest BCUT2D eigenvalue weighted by Crippen LogP contribution is -2.42. The highest BCUT2D eigenvalue weighted by atomic mass is 35.5. The van der Waals surface area contributed by atoms with Crippen LogP contribution in [0.25, 0.3) is 0 Å². The number of aromatic nitrogens is 1. The normalized spacial score (nSPS) is 14.0. The zero-order valence-electron chi connectivity index (χ0n) is 11.4. The molecule has 1 aliphatic heterocycles. The van der Waals surface area contributed by atoms with Crippen molar-refractivity contribution in [3.8, 4) is 0 Å². The van der Waals surface area contributed by atoms with E-state index in [1.165, 1.54) is 0 Å². The van der Waals surface area contributed by atoms with Gasteiger partial charge in [-0.3, -0.25) is 4.79 Å². The van der Waals surface area contributed by atoms with Crippen LogP contribution in [0.5, 0.6) is 0 Å². The summed E-state index contributed by atoms with van der Waals surface area (Å²) >= 11 is 5.93. The summed E-state index contributed by atoms with van der Waals surface area (Å²) in [6, 6.07) is 8.71. The number of pyridine rings is 1. The molecule has 0 saturated carbocycles. The summed E-state index contributed by atoms with van der Waals surface area (Å²) in [7, 11) is 1.97. The molecule has 0 atom stereocenters. The second kappa shape index (κ2) is 5.33. The van der Waals surface area contributed by atoms with E-state index in [-0.39, 0.29) is 16.6 Å². The number of benzene rings is 1. The minimum atomic E-state index is -0.579. The van der Waals surface area contributed by atoms with E-state index >= 15 is 0 Å². The van der Waals surface area contributed by atoms with Crippen LogP contribution in [0.15, 0.2) is 36.5 Å². The standard InChI is InChI=1S/C15H13ClFN3O/c1-19-6-7-20(13-5-3-2-4-12(13)19)15(21)11-8-10(17)9-18-14(11)16/h2-5,8-9H,6-7H2,1H3. The smallest absolute Gasteiger partial charge is 0.261 e. The number of halogens is 2. The topological polar surface area (TPSA) is 36.4 Å². The van der Waals surface area contributed by atoms with Crippen LogP contribution >= 0.6 is 11.6 Å². The molecule has 0 bridgehead atoms. The number of amides is 1. The van der Waals surface area contributed by atoms with Crippen LogP contribution in [-0.4, -0.2) is 31.0 Å². The van der Waals surface area contributed by atoms with Gasteiger partial charge in [0.2, 0.25) is 0 Å². The minimum Gasteiger partial charge on any atom is -0.371 e. The highest BCUT2D eigenvalue weighted by molar-refractivity contribution is 6.33. The Morgan fingerprint density at radius 2 is 2.00 bits per heavy atom. The third kappa shape index (κ3) is 2.45. The Balaban J connectivity index is 2.03. The van der Waals surface area contributed by atoms with E-state index in [0.29, 0.717) is 13.1 Å². The van der Waals surface area contributed by atoms with Crippen molar-refractivity contribution in [2.45, 2.75) is 0 Å². The molecule has 0 saturated heterocycles. The third-order valence-electron chi connectivity index (χ3n) is 3.52. The fraction of sp³-hybridized carbons (Fsp3) is 0.200. The van der Waals surface area contributed by atoms with Crippen molar-refractivity contribution in [1.82, 2.24) is 4.98 Å². The first kappa shape index (κ1) is 13.8. The zero-order chi connectivity index (χ0) is 15.0.